The fourth-order valence-electron chi connectivity index (χ4n) is 1.04. The third-order valence-electron chi connectivity index (χ3n) is 2.07. The van der Waals surface area contributed by atoms with E-state index in [1.54, 1.807) is 0 Å². The van der Waals surface area contributed by atoms with Crippen molar-refractivity contribution in [1.82, 2.24) is 0 Å². The molecule has 0 N–H and O–H groups in total. The maximum atomic E-state index is 5.93. The first-order valence-electron chi connectivity index (χ1n) is 4.04. The first kappa shape index (κ1) is 11.4. The summed E-state index contributed by atoms with van der Waals surface area (Å²) >= 11 is 17.8. The fraction of sp³-hybridized carbons (Fsp3) is 0.333. The molecule has 72 valence electrons. The summed E-state index contributed by atoms with van der Waals surface area (Å²) in [4.78, 5) is 0. The molecule has 0 aromatic heterocycles. The van der Waals surface area contributed by atoms with Crippen molar-refractivity contribution in [1.29, 1.82) is 0 Å². The Morgan fingerprint density at radius 2 is 1.54 bits per heavy atom. The van der Waals surface area contributed by atoms with Gasteiger partial charge in [-0.3, -0.25) is 0 Å². The van der Waals surface area contributed by atoms with Gasteiger partial charge in [0.25, 0.3) is 0 Å². The highest BCUT2D eigenvalue weighted by atomic mass is 35.8. The van der Waals surface area contributed by atoms with Crippen LogP contribution < -0.4 is 0 Å². The molecule has 0 spiro atoms. The number of benzene rings is 1. The molecule has 0 fully saturated rings. The van der Waals surface area contributed by atoms with Gasteiger partial charge in [0.2, 0.25) is 0 Å². The van der Waals surface area contributed by atoms with Crippen molar-refractivity contribution in [3.63, 3.8) is 0 Å². The van der Waals surface area contributed by atoms with Crippen molar-refractivity contribution in [3.05, 3.63) is 35.4 Å². The minimum absolute atomic E-state index is 0.0538. The summed E-state index contributed by atoms with van der Waals surface area (Å²) in [5.74, 6) is 0. The van der Waals surface area contributed by atoms with Crippen LogP contribution in [0.5, 0.6) is 0 Å². The molecule has 0 nitrogen and oxygen atoms in total. The first-order chi connectivity index (χ1) is 5.91. The Morgan fingerprint density at radius 3 is 1.92 bits per heavy atom. The van der Waals surface area contributed by atoms with Crippen LogP contribution in [0.3, 0.4) is 0 Å². The number of hydrogen-bond donors (Lipinski definition) is 0. The Morgan fingerprint density at radius 1 is 1.08 bits per heavy atom. The number of aryl methyl sites for hydroxylation is 1. The van der Waals surface area contributed by atoms with E-state index >= 15 is 0 Å². The van der Waals surface area contributed by atoms with Gasteiger partial charge in [0.1, 0.15) is 0 Å². The lowest BCUT2D eigenvalue weighted by Gasteiger charge is -2.17. The predicted octanol–water partition coefficient (Wildman–Crippen LogP) is 4.29. The van der Waals surface area contributed by atoms with Crippen molar-refractivity contribution in [3.8, 4) is 0 Å². The SMILES string of the molecule is Cc1ccc([C@@H](C)[Si](Cl)(Cl)Cl)cc1. The van der Waals surface area contributed by atoms with Crippen molar-refractivity contribution < 1.29 is 0 Å². The molecule has 0 saturated heterocycles. The fourth-order valence-corrected chi connectivity index (χ4v) is 2.75. The van der Waals surface area contributed by atoms with Gasteiger partial charge in [-0.1, -0.05) is 36.8 Å². The lowest BCUT2D eigenvalue weighted by Crippen LogP contribution is -2.20. The molecule has 1 aromatic carbocycles. The minimum Gasteiger partial charge on any atom is -0.125 e. The van der Waals surface area contributed by atoms with Crippen molar-refractivity contribution in [2.45, 2.75) is 19.4 Å². The first-order valence-corrected chi connectivity index (χ1v) is 9.16. The Balaban J connectivity index is 2.90. The standard InChI is InChI=1S/C9H11Cl3Si/c1-7-3-5-9(6-4-7)8(2)13(10,11)12/h3-6,8H,1-2H3/t8-/m1/s1. The van der Waals surface area contributed by atoms with E-state index in [0.29, 0.717) is 0 Å². The quantitative estimate of drug-likeness (QED) is 0.545. The highest BCUT2D eigenvalue weighted by Crippen LogP contribution is 2.36. The van der Waals surface area contributed by atoms with Crippen LogP contribution in [0.2, 0.25) is 0 Å². The molecule has 0 heterocycles. The maximum Gasteiger partial charge on any atom is 0.348 e. The van der Waals surface area contributed by atoms with Crippen LogP contribution in [0.1, 0.15) is 23.6 Å². The Hall–Kier alpha value is 0.307. The van der Waals surface area contributed by atoms with Gasteiger partial charge in [0.05, 0.1) is 0 Å². The molecule has 0 radical (unpaired) electrons. The number of hydrogen-bond acceptors (Lipinski definition) is 0. The predicted molar refractivity (Wildman–Crippen MR) is 62.9 cm³/mol. The van der Waals surface area contributed by atoms with Gasteiger partial charge in [-0.15, -0.1) is 33.2 Å². The van der Waals surface area contributed by atoms with E-state index in [4.69, 9.17) is 33.2 Å². The number of halogens is 3. The lowest BCUT2D eigenvalue weighted by atomic mass is 10.1. The van der Waals surface area contributed by atoms with Gasteiger partial charge in [0, 0.05) is 5.54 Å². The van der Waals surface area contributed by atoms with Crippen LogP contribution in [0, 0.1) is 6.92 Å². The zero-order chi connectivity index (χ0) is 10.1. The molecule has 1 atom stereocenters. The highest BCUT2D eigenvalue weighted by molar-refractivity contribution is 7.65. The van der Waals surface area contributed by atoms with E-state index in [9.17, 15) is 0 Å². The van der Waals surface area contributed by atoms with E-state index in [1.807, 2.05) is 38.1 Å². The summed E-state index contributed by atoms with van der Waals surface area (Å²) in [6.07, 6.45) is 0. The summed E-state index contributed by atoms with van der Waals surface area (Å²) in [6, 6.07) is 5.52. The molecular weight excluding hydrogens is 243 g/mol. The maximum absolute atomic E-state index is 5.93. The van der Waals surface area contributed by atoms with E-state index in [2.05, 4.69) is 0 Å². The largest absolute Gasteiger partial charge is 0.348 e. The molecule has 0 amide bonds. The topological polar surface area (TPSA) is 0 Å². The van der Waals surface area contributed by atoms with Crippen LogP contribution in [-0.4, -0.2) is 6.00 Å². The van der Waals surface area contributed by atoms with Crippen molar-refractivity contribution in [2.75, 3.05) is 0 Å². The van der Waals surface area contributed by atoms with Gasteiger partial charge in [-0.2, -0.15) is 0 Å². The molecule has 4 heteroatoms. The summed E-state index contributed by atoms with van der Waals surface area (Å²) in [5, 5.41) is 0. The molecular formula is C9H11Cl3Si. The average Bonchev–Trinajstić information content (AvgIpc) is 2.03. The molecule has 0 aliphatic carbocycles. The number of rotatable bonds is 2. The van der Waals surface area contributed by atoms with Crippen molar-refractivity contribution in [2.24, 2.45) is 0 Å². The second kappa shape index (κ2) is 4.22. The van der Waals surface area contributed by atoms with Crippen LogP contribution in [0.4, 0.5) is 0 Å². The lowest BCUT2D eigenvalue weighted by molar-refractivity contribution is 1.06. The van der Waals surface area contributed by atoms with Crippen LogP contribution in [0.15, 0.2) is 24.3 Å². The zero-order valence-electron chi connectivity index (χ0n) is 7.52. The van der Waals surface area contributed by atoms with Crippen LogP contribution in [-0.2, 0) is 0 Å². The third kappa shape index (κ3) is 3.17. The van der Waals surface area contributed by atoms with E-state index in [0.717, 1.165) is 5.56 Å². The molecule has 0 saturated carbocycles. The van der Waals surface area contributed by atoms with Gasteiger partial charge >= 0.3 is 6.00 Å². The monoisotopic (exact) mass is 252 g/mol. The van der Waals surface area contributed by atoms with Crippen LogP contribution >= 0.6 is 33.2 Å². The molecule has 0 aliphatic rings. The second-order valence-corrected chi connectivity index (χ2v) is 12.2. The van der Waals surface area contributed by atoms with Crippen LogP contribution in [0.25, 0.3) is 0 Å². The van der Waals surface area contributed by atoms with E-state index in [1.165, 1.54) is 5.56 Å². The average molecular weight is 254 g/mol. The Bertz CT molecular complexity index is 276. The molecule has 13 heavy (non-hydrogen) atoms. The molecule has 1 aromatic rings. The Kier molecular flexibility index (Phi) is 3.70. The van der Waals surface area contributed by atoms with Gasteiger partial charge in [-0.25, -0.2) is 0 Å². The molecule has 0 bridgehead atoms. The van der Waals surface area contributed by atoms with Gasteiger partial charge < -0.3 is 0 Å². The Labute approximate surface area is 93.9 Å². The smallest absolute Gasteiger partial charge is 0.125 e. The highest BCUT2D eigenvalue weighted by Gasteiger charge is 2.34. The molecule has 1 rings (SSSR count). The summed E-state index contributed by atoms with van der Waals surface area (Å²) < 4.78 is 0. The van der Waals surface area contributed by atoms with Gasteiger partial charge in [0.15, 0.2) is 0 Å². The minimum atomic E-state index is -2.60. The molecule has 0 unspecified atom stereocenters. The molecule has 0 aliphatic heterocycles. The zero-order valence-corrected chi connectivity index (χ0v) is 10.8. The van der Waals surface area contributed by atoms with E-state index in [-0.39, 0.29) is 5.54 Å². The third-order valence-corrected chi connectivity index (χ3v) is 6.33. The summed E-state index contributed by atoms with van der Waals surface area (Å²) in [7, 11) is 0. The van der Waals surface area contributed by atoms with E-state index < -0.39 is 6.00 Å². The van der Waals surface area contributed by atoms with Crippen molar-refractivity contribution >= 4 is 39.2 Å². The normalized spacial score (nSPS) is 14.2. The summed E-state index contributed by atoms with van der Waals surface area (Å²) in [6.45, 7) is 4.01. The van der Waals surface area contributed by atoms with Gasteiger partial charge in [-0.05, 0) is 12.5 Å². The summed E-state index contributed by atoms with van der Waals surface area (Å²) in [5.41, 5.74) is 2.39. The second-order valence-electron chi connectivity index (χ2n) is 3.17.